The Labute approximate surface area is 167 Å². The van der Waals surface area contributed by atoms with E-state index in [0.717, 1.165) is 43.8 Å². The molecule has 0 N–H and O–H groups in total. The van der Waals surface area contributed by atoms with E-state index >= 15 is 0 Å². The van der Waals surface area contributed by atoms with E-state index in [1.165, 1.54) is 24.9 Å². The zero-order valence-electron chi connectivity index (χ0n) is 16.4. The second-order valence-corrected chi connectivity index (χ2v) is 7.74. The van der Waals surface area contributed by atoms with Gasteiger partial charge in [-0.05, 0) is 68.5 Å². The largest absolute Gasteiger partial charge is 0.376 e. The van der Waals surface area contributed by atoms with Gasteiger partial charge in [-0.1, -0.05) is 6.07 Å². The quantitative estimate of drug-likeness (QED) is 0.764. The normalized spacial score (nSPS) is 19.6. The average molecular weight is 380 g/mol. The highest BCUT2D eigenvalue weighted by Crippen LogP contribution is 2.22. The van der Waals surface area contributed by atoms with Crippen LogP contribution in [-0.2, 0) is 11.3 Å². The summed E-state index contributed by atoms with van der Waals surface area (Å²) < 4.78 is 5.78. The molecule has 148 valence electrons. The summed E-state index contributed by atoms with van der Waals surface area (Å²) in [5.74, 6) is 0.0475. The maximum absolute atomic E-state index is 13.3. The molecular weight excluding hydrogens is 350 g/mol. The summed E-state index contributed by atoms with van der Waals surface area (Å²) in [5.41, 5.74) is 2.85. The van der Waals surface area contributed by atoms with E-state index in [4.69, 9.17) is 4.74 Å². The molecule has 1 atom stereocenters. The fourth-order valence-electron chi connectivity index (χ4n) is 4.09. The van der Waals surface area contributed by atoms with E-state index in [2.05, 4.69) is 22.0 Å². The van der Waals surface area contributed by atoms with Gasteiger partial charge >= 0.3 is 0 Å². The summed E-state index contributed by atoms with van der Waals surface area (Å²) in [7, 11) is 0. The van der Waals surface area contributed by atoms with Crippen LogP contribution in [0.15, 0.2) is 48.7 Å². The summed E-state index contributed by atoms with van der Waals surface area (Å²) in [6.07, 6.45) is 7.80. The van der Waals surface area contributed by atoms with Gasteiger partial charge in [0.05, 0.1) is 18.3 Å². The van der Waals surface area contributed by atoms with Gasteiger partial charge in [0.1, 0.15) is 0 Å². The van der Waals surface area contributed by atoms with Gasteiger partial charge in [-0.15, -0.1) is 0 Å². The van der Waals surface area contributed by atoms with Gasteiger partial charge in [-0.3, -0.25) is 9.78 Å². The molecule has 3 heterocycles. The van der Waals surface area contributed by atoms with Gasteiger partial charge in [0.2, 0.25) is 0 Å². The van der Waals surface area contributed by atoms with Crippen LogP contribution in [0.4, 0.5) is 5.69 Å². The molecule has 2 aliphatic rings. The third-order valence-electron chi connectivity index (χ3n) is 5.65. The van der Waals surface area contributed by atoms with Crippen LogP contribution in [-0.4, -0.2) is 48.1 Å². The first-order valence-electron chi connectivity index (χ1n) is 10.5. The molecule has 0 saturated carbocycles. The van der Waals surface area contributed by atoms with Crippen molar-refractivity contribution < 1.29 is 9.53 Å². The standard InChI is InChI=1S/C23H29N3O2/c27-23(19-9-11-21(12-10-19)25-14-4-1-5-15-25)26(18-22-8-6-16-28-22)17-20-7-2-3-13-24-20/h2-3,7,9-13,22H,1,4-6,8,14-18H2. The molecule has 1 aromatic heterocycles. The highest BCUT2D eigenvalue weighted by Gasteiger charge is 2.24. The Kier molecular flexibility index (Phi) is 6.22. The Bertz CT molecular complexity index is 751. The Balaban J connectivity index is 1.48. The molecule has 28 heavy (non-hydrogen) atoms. The minimum atomic E-state index is 0.0475. The average Bonchev–Trinajstić information content (AvgIpc) is 3.27. The Morgan fingerprint density at radius 1 is 1.07 bits per heavy atom. The maximum atomic E-state index is 13.3. The molecule has 2 saturated heterocycles. The molecule has 0 spiro atoms. The maximum Gasteiger partial charge on any atom is 0.254 e. The van der Waals surface area contributed by atoms with Gasteiger partial charge in [0.25, 0.3) is 5.91 Å². The summed E-state index contributed by atoms with van der Waals surface area (Å²) in [4.78, 5) is 22.0. The molecule has 5 heteroatoms. The number of anilines is 1. The molecule has 0 radical (unpaired) electrons. The van der Waals surface area contributed by atoms with E-state index in [9.17, 15) is 4.79 Å². The fourth-order valence-corrected chi connectivity index (χ4v) is 4.09. The molecule has 4 rings (SSSR count). The van der Waals surface area contributed by atoms with Crippen LogP contribution in [0.3, 0.4) is 0 Å². The summed E-state index contributed by atoms with van der Waals surface area (Å²) in [6, 6.07) is 13.9. The number of hydrogen-bond acceptors (Lipinski definition) is 4. The van der Waals surface area contributed by atoms with Crippen molar-refractivity contribution in [3.8, 4) is 0 Å². The van der Waals surface area contributed by atoms with E-state index in [1.54, 1.807) is 6.20 Å². The van der Waals surface area contributed by atoms with Gasteiger partial charge in [0, 0.05) is 43.7 Å². The minimum Gasteiger partial charge on any atom is -0.376 e. The van der Waals surface area contributed by atoms with Crippen molar-refractivity contribution in [2.75, 3.05) is 31.1 Å². The third-order valence-corrected chi connectivity index (χ3v) is 5.65. The fraction of sp³-hybridized carbons (Fsp3) is 0.478. The Hall–Kier alpha value is -2.40. The van der Waals surface area contributed by atoms with Crippen molar-refractivity contribution in [1.29, 1.82) is 0 Å². The lowest BCUT2D eigenvalue weighted by Gasteiger charge is -2.29. The van der Waals surface area contributed by atoms with E-state index < -0.39 is 0 Å². The highest BCUT2D eigenvalue weighted by atomic mass is 16.5. The predicted molar refractivity (Wildman–Crippen MR) is 110 cm³/mol. The third kappa shape index (κ3) is 4.71. The van der Waals surface area contributed by atoms with E-state index in [-0.39, 0.29) is 12.0 Å². The van der Waals surface area contributed by atoms with Crippen LogP contribution in [0.25, 0.3) is 0 Å². The van der Waals surface area contributed by atoms with Crippen LogP contribution < -0.4 is 4.90 Å². The Morgan fingerprint density at radius 2 is 1.89 bits per heavy atom. The zero-order valence-corrected chi connectivity index (χ0v) is 16.4. The number of carbonyl (C=O) groups excluding carboxylic acids is 1. The summed E-state index contributed by atoms with van der Waals surface area (Å²) in [5, 5.41) is 0. The summed E-state index contributed by atoms with van der Waals surface area (Å²) >= 11 is 0. The van der Waals surface area contributed by atoms with Crippen LogP contribution in [0, 0.1) is 0 Å². The molecule has 2 aliphatic heterocycles. The molecule has 1 amide bonds. The lowest BCUT2D eigenvalue weighted by atomic mass is 10.1. The topological polar surface area (TPSA) is 45.7 Å². The highest BCUT2D eigenvalue weighted by molar-refractivity contribution is 5.94. The van der Waals surface area contributed by atoms with Crippen molar-refractivity contribution in [2.45, 2.75) is 44.8 Å². The number of hydrogen-bond donors (Lipinski definition) is 0. The van der Waals surface area contributed by atoms with Crippen LogP contribution >= 0.6 is 0 Å². The minimum absolute atomic E-state index is 0.0475. The number of piperidine rings is 1. The van der Waals surface area contributed by atoms with Crippen LogP contribution in [0.1, 0.15) is 48.2 Å². The number of aromatic nitrogens is 1. The monoisotopic (exact) mass is 379 g/mol. The first kappa shape index (κ1) is 18.9. The lowest BCUT2D eigenvalue weighted by Crippen LogP contribution is -2.37. The second kappa shape index (κ2) is 9.20. The molecule has 2 aromatic rings. The van der Waals surface area contributed by atoms with Crippen molar-refractivity contribution in [3.05, 3.63) is 59.9 Å². The van der Waals surface area contributed by atoms with Gasteiger partial charge < -0.3 is 14.5 Å². The van der Waals surface area contributed by atoms with E-state index in [0.29, 0.717) is 13.1 Å². The smallest absolute Gasteiger partial charge is 0.254 e. The first-order valence-corrected chi connectivity index (χ1v) is 10.5. The second-order valence-electron chi connectivity index (χ2n) is 7.74. The zero-order chi connectivity index (χ0) is 19.2. The summed E-state index contributed by atoms with van der Waals surface area (Å²) in [6.45, 7) is 4.13. The Morgan fingerprint density at radius 3 is 2.57 bits per heavy atom. The number of benzene rings is 1. The van der Waals surface area contributed by atoms with Crippen molar-refractivity contribution in [3.63, 3.8) is 0 Å². The molecule has 2 fully saturated rings. The molecule has 0 aliphatic carbocycles. The van der Waals surface area contributed by atoms with Gasteiger partial charge in [0.15, 0.2) is 0 Å². The van der Waals surface area contributed by atoms with Gasteiger partial charge in [-0.2, -0.15) is 0 Å². The lowest BCUT2D eigenvalue weighted by molar-refractivity contribution is 0.0504. The van der Waals surface area contributed by atoms with Crippen molar-refractivity contribution >= 4 is 11.6 Å². The van der Waals surface area contributed by atoms with Crippen LogP contribution in [0.2, 0.25) is 0 Å². The number of nitrogens with zero attached hydrogens (tertiary/aromatic N) is 3. The van der Waals surface area contributed by atoms with E-state index in [1.807, 2.05) is 35.2 Å². The number of rotatable bonds is 6. The SMILES string of the molecule is O=C(c1ccc(N2CCCCC2)cc1)N(Cc1ccccn1)CC1CCCO1. The molecule has 1 unspecified atom stereocenters. The van der Waals surface area contributed by atoms with Crippen LogP contribution in [0.5, 0.6) is 0 Å². The predicted octanol–water partition coefficient (Wildman–Crippen LogP) is 3.89. The van der Waals surface area contributed by atoms with Crippen molar-refractivity contribution in [1.82, 2.24) is 9.88 Å². The van der Waals surface area contributed by atoms with Gasteiger partial charge in [-0.25, -0.2) is 0 Å². The molecule has 1 aromatic carbocycles. The van der Waals surface area contributed by atoms with Crippen molar-refractivity contribution in [2.24, 2.45) is 0 Å². The number of amides is 1. The number of carbonyl (C=O) groups is 1. The molecular formula is C23H29N3O2. The number of pyridine rings is 1. The molecule has 5 nitrogen and oxygen atoms in total. The molecule has 0 bridgehead atoms. The first-order chi connectivity index (χ1) is 13.8. The number of ether oxygens (including phenoxy) is 1.